The summed E-state index contributed by atoms with van der Waals surface area (Å²) in [7, 11) is -2.19. The maximum absolute atomic E-state index is 12.8. The van der Waals surface area contributed by atoms with Gasteiger partial charge in [0.15, 0.2) is 8.32 Å². The van der Waals surface area contributed by atoms with Crippen molar-refractivity contribution in [2.45, 2.75) is 90.8 Å². The zero-order valence-corrected chi connectivity index (χ0v) is 27.3. The van der Waals surface area contributed by atoms with Crippen molar-refractivity contribution in [3.8, 4) is 11.5 Å². The normalized spacial score (nSPS) is 17.6. The van der Waals surface area contributed by atoms with Gasteiger partial charge in [0, 0.05) is 8.99 Å². The Balaban J connectivity index is 1.67. The van der Waals surface area contributed by atoms with Crippen molar-refractivity contribution in [1.82, 2.24) is 5.32 Å². The first-order chi connectivity index (χ1) is 17.7. The first-order valence-electron chi connectivity index (χ1n) is 13.4. The summed E-state index contributed by atoms with van der Waals surface area (Å²) in [5.74, 6) is 1.66. The van der Waals surface area contributed by atoms with Crippen LogP contribution in [0.2, 0.25) is 18.1 Å². The summed E-state index contributed by atoms with van der Waals surface area (Å²) >= 11 is 2.31. The van der Waals surface area contributed by atoms with Gasteiger partial charge in [0.1, 0.15) is 36.4 Å². The molecule has 2 aromatic rings. The van der Waals surface area contributed by atoms with E-state index in [9.17, 15) is 4.79 Å². The summed E-state index contributed by atoms with van der Waals surface area (Å²) < 4.78 is 26.4. The van der Waals surface area contributed by atoms with Crippen LogP contribution >= 0.6 is 22.6 Å². The summed E-state index contributed by atoms with van der Waals surface area (Å²) in [6.45, 7) is 17.9. The minimum absolute atomic E-state index is 0.00459. The van der Waals surface area contributed by atoms with Crippen LogP contribution in [-0.4, -0.2) is 45.9 Å². The second-order valence-corrected chi connectivity index (χ2v) is 18.6. The van der Waals surface area contributed by atoms with Crippen LogP contribution < -0.4 is 14.8 Å². The van der Waals surface area contributed by atoms with Crippen LogP contribution in [0.3, 0.4) is 0 Å². The molecular formula is C30H44INO5Si. The van der Waals surface area contributed by atoms with Crippen LogP contribution in [0.5, 0.6) is 11.5 Å². The van der Waals surface area contributed by atoms with Crippen molar-refractivity contribution >= 4 is 37.0 Å². The molecule has 1 aliphatic heterocycles. The average Bonchev–Trinajstić information content (AvgIpc) is 2.83. The highest BCUT2D eigenvalue weighted by molar-refractivity contribution is 14.1. The van der Waals surface area contributed by atoms with E-state index in [0.717, 1.165) is 24.3 Å². The molecule has 210 valence electrons. The number of nitrogens with one attached hydrogen (secondary N) is 1. The van der Waals surface area contributed by atoms with E-state index in [4.69, 9.17) is 18.6 Å². The Kier molecular flexibility index (Phi) is 10.2. The number of ether oxygens (including phenoxy) is 3. The largest absolute Gasteiger partial charge is 0.488 e. The number of para-hydroxylation sites is 1. The molecule has 3 atom stereocenters. The van der Waals surface area contributed by atoms with Crippen LogP contribution in [0.4, 0.5) is 4.79 Å². The number of halogens is 1. The number of carbonyl (C=O) groups excluding carboxylic acids is 1. The van der Waals surface area contributed by atoms with Gasteiger partial charge in [-0.3, -0.25) is 0 Å². The van der Waals surface area contributed by atoms with Crippen molar-refractivity contribution in [2.24, 2.45) is 5.41 Å². The fraction of sp³-hybridized carbons (Fsp3) is 0.567. The van der Waals surface area contributed by atoms with Crippen molar-refractivity contribution < 1.29 is 23.4 Å². The molecule has 2 aromatic carbocycles. The minimum atomic E-state index is -2.19. The van der Waals surface area contributed by atoms with E-state index in [2.05, 4.69) is 88.6 Å². The Morgan fingerprint density at radius 1 is 1.11 bits per heavy atom. The molecule has 8 heteroatoms. The molecule has 0 saturated carbocycles. The predicted octanol–water partition coefficient (Wildman–Crippen LogP) is 7.60. The van der Waals surface area contributed by atoms with Gasteiger partial charge >= 0.3 is 6.09 Å². The quantitative estimate of drug-likeness (QED) is 0.223. The van der Waals surface area contributed by atoms with E-state index >= 15 is 0 Å². The Morgan fingerprint density at radius 3 is 2.42 bits per heavy atom. The van der Waals surface area contributed by atoms with Gasteiger partial charge < -0.3 is 24.0 Å². The van der Waals surface area contributed by atoms with Crippen LogP contribution in [0.15, 0.2) is 48.5 Å². The number of hydrogen-bond acceptors (Lipinski definition) is 5. The summed E-state index contributed by atoms with van der Waals surface area (Å²) in [4.78, 5) is 12.8. The van der Waals surface area contributed by atoms with E-state index in [1.165, 1.54) is 9.13 Å². The van der Waals surface area contributed by atoms with Gasteiger partial charge in [-0.2, -0.15) is 0 Å². The van der Waals surface area contributed by atoms with Crippen molar-refractivity contribution in [3.05, 3.63) is 57.7 Å². The molecule has 1 amide bonds. The number of rotatable bonds is 9. The highest BCUT2D eigenvalue weighted by Crippen LogP contribution is 2.39. The van der Waals surface area contributed by atoms with Crippen molar-refractivity contribution in [3.63, 3.8) is 0 Å². The highest BCUT2D eigenvalue weighted by atomic mass is 127. The third-order valence-electron chi connectivity index (χ3n) is 7.35. The summed E-state index contributed by atoms with van der Waals surface area (Å²) in [6.07, 6.45) is 0.466. The molecule has 1 heterocycles. The van der Waals surface area contributed by atoms with Gasteiger partial charge in [0.2, 0.25) is 0 Å². The van der Waals surface area contributed by atoms with E-state index in [1.807, 2.05) is 42.5 Å². The second-order valence-electron chi connectivity index (χ2n) is 12.6. The van der Waals surface area contributed by atoms with Crippen LogP contribution in [0.1, 0.15) is 53.5 Å². The monoisotopic (exact) mass is 653 g/mol. The minimum Gasteiger partial charge on any atom is -0.488 e. The molecule has 0 bridgehead atoms. The molecule has 0 radical (unpaired) electrons. The zero-order chi connectivity index (χ0) is 28.1. The lowest BCUT2D eigenvalue weighted by Gasteiger charge is -2.44. The van der Waals surface area contributed by atoms with E-state index in [0.29, 0.717) is 6.54 Å². The van der Waals surface area contributed by atoms with Gasteiger partial charge in [-0.15, -0.1) is 0 Å². The number of fused-ring (bicyclic) bond motifs is 1. The molecule has 0 saturated heterocycles. The van der Waals surface area contributed by atoms with Gasteiger partial charge in [-0.05, 0) is 89.5 Å². The fourth-order valence-electron chi connectivity index (χ4n) is 4.16. The van der Waals surface area contributed by atoms with Gasteiger partial charge in [-0.1, -0.05) is 59.7 Å². The molecule has 0 aliphatic carbocycles. The molecular weight excluding hydrogens is 609 g/mol. The molecule has 6 nitrogen and oxygen atoms in total. The number of amides is 1. The lowest BCUT2D eigenvalue weighted by molar-refractivity contribution is -0.0467. The maximum atomic E-state index is 12.8. The van der Waals surface area contributed by atoms with Gasteiger partial charge in [0.25, 0.3) is 0 Å². The van der Waals surface area contributed by atoms with E-state index < -0.39 is 20.5 Å². The third-order valence-corrected chi connectivity index (χ3v) is 12.5. The molecule has 0 fully saturated rings. The average molecular weight is 654 g/mol. The SMILES string of the molecule is CC(C)(C)C(Oc1ccccc1)[C@H](COC(=O)NC[C@H]1CCc2cc(I)ccc2O1)O[Si](C)(C)C(C)(C)C. The molecule has 0 spiro atoms. The number of alkyl carbamates (subject to hydrolysis) is 1. The summed E-state index contributed by atoms with van der Waals surface area (Å²) in [6, 6.07) is 16.0. The van der Waals surface area contributed by atoms with Crippen molar-refractivity contribution in [1.29, 1.82) is 0 Å². The molecule has 38 heavy (non-hydrogen) atoms. The maximum Gasteiger partial charge on any atom is 0.407 e. The Bertz CT molecular complexity index is 1060. The predicted molar refractivity (Wildman–Crippen MR) is 164 cm³/mol. The Hall–Kier alpha value is -1.78. The fourth-order valence-corrected chi connectivity index (χ4v) is 6.02. The molecule has 0 aromatic heterocycles. The van der Waals surface area contributed by atoms with Gasteiger partial charge in [0.05, 0.1) is 6.54 Å². The molecule has 3 rings (SSSR count). The first kappa shape index (κ1) is 30.8. The van der Waals surface area contributed by atoms with Crippen molar-refractivity contribution in [2.75, 3.05) is 13.2 Å². The highest BCUT2D eigenvalue weighted by Gasteiger charge is 2.44. The number of benzene rings is 2. The van der Waals surface area contributed by atoms with Crippen LogP contribution in [-0.2, 0) is 15.6 Å². The smallest absolute Gasteiger partial charge is 0.407 e. The number of hydrogen-bond donors (Lipinski definition) is 1. The molecule has 1 N–H and O–H groups in total. The van der Waals surface area contributed by atoms with Gasteiger partial charge in [-0.25, -0.2) is 4.79 Å². The Morgan fingerprint density at radius 2 is 1.79 bits per heavy atom. The zero-order valence-electron chi connectivity index (χ0n) is 24.1. The topological polar surface area (TPSA) is 66.0 Å². The molecule has 1 unspecified atom stereocenters. The molecule has 1 aliphatic rings. The number of carbonyl (C=O) groups is 1. The van der Waals surface area contributed by atoms with Crippen LogP contribution in [0.25, 0.3) is 0 Å². The third kappa shape index (κ3) is 8.61. The second kappa shape index (κ2) is 12.6. The standard InChI is InChI=1S/C30H44INO5Si/c1-29(2,3)27(36-23-12-10-9-11-13-23)26(37-38(7,8)30(4,5)6)20-34-28(33)32-19-24-16-14-21-18-22(31)15-17-25(21)35-24/h9-13,15,17-18,24,26-27H,14,16,19-20H2,1-8H3,(H,32,33)/t24-,26+,27?/m1/s1. The van der Waals surface area contributed by atoms with E-state index in [1.54, 1.807) is 0 Å². The van der Waals surface area contributed by atoms with E-state index in [-0.39, 0.29) is 29.3 Å². The lowest BCUT2D eigenvalue weighted by Crippen LogP contribution is -2.54. The summed E-state index contributed by atoms with van der Waals surface area (Å²) in [5, 5.41) is 2.89. The van der Waals surface area contributed by atoms with Crippen LogP contribution in [0, 0.1) is 8.99 Å². The summed E-state index contributed by atoms with van der Waals surface area (Å²) in [5.41, 5.74) is 0.956. The Labute approximate surface area is 243 Å². The first-order valence-corrected chi connectivity index (χ1v) is 17.4. The lowest BCUT2D eigenvalue weighted by atomic mass is 9.85. The number of aryl methyl sites for hydroxylation is 1.